The Balaban J connectivity index is 1.96. The third kappa shape index (κ3) is 4.19. The van der Waals surface area contributed by atoms with Crippen LogP contribution in [-0.2, 0) is 0 Å². The number of aliphatic hydroxyl groups excluding tert-OH is 1. The first-order valence-electron chi connectivity index (χ1n) is 8.44. The molecule has 1 N–H and O–H groups in total. The summed E-state index contributed by atoms with van der Waals surface area (Å²) >= 11 is 0. The van der Waals surface area contributed by atoms with Crippen LogP contribution in [0.1, 0.15) is 72.1 Å². The molecule has 0 amide bonds. The van der Waals surface area contributed by atoms with E-state index in [0.29, 0.717) is 11.3 Å². The molecule has 1 saturated carbocycles. The number of aliphatic hydroxyl groups is 1. The summed E-state index contributed by atoms with van der Waals surface area (Å²) in [5.74, 6) is 0.496. The minimum atomic E-state index is -0.0613. The van der Waals surface area contributed by atoms with Gasteiger partial charge >= 0.3 is 0 Å². The second-order valence-electron chi connectivity index (χ2n) is 7.64. The topological polar surface area (TPSA) is 23.5 Å². The van der Waals surface area contributed by atoms with Gasteiger partial charge in [-0.1, -0.05) is 33.6 Å². The van der Waals surface area contributed by atoms with Gasteiger partial charge < -0.3 is 10.0 Å². The van der Waals surface area contributed by atoms with Gasteiger partial charge in [0.15, 0.2) is 0 Å². The standard InChI is InChI=1S/C17H33NO/c1-4-15-8-6-5-7-11-18(15)13-14-12-17(2,3)10-9-16(14)19/h14-16,19H,4-13H2,1-3H3. The molecule has 0 bridgehead atoms. The molecule has 19 heavy (non-hydrogen) atoms. The molecule has 2 aliphatic rings. The molecule has 0 aromatic carbocycles. The molecule has 2 heteroatoms. The average molecular weight is 267 g/mol. The van der Waals surface area contributed by atoms with Crippen molar-refractivity contribution >= 4 is 0 Å². The summed E-state index contributed by atoms with van der Waals surface area (Å²) < 4.78 is 0. The van der Waals surface area contributed by atoms with Gasteiger partial charge in [0, 0.05) is 12.6 Å². The maximum Gasteiger partial charge on any atom is 0.0581 e. The lowest BCUT2D eigenvalue weighted by Crippen LogP contribution is -2.44. The molecule has 112 valence electrons. The van der Waals surface area contributed by atoms with Gasteiger partial charge in [0.2, 0.25) is 0 Å². The minimum absolute atomic E-state index is 0.0613. The molecule has 0 spiro atoms. The van der Waals surface area contributed by atoms with Crippen molar-refractivity contribution in [1.29, 1.82) is 0 Å². The van der Waals surface area contributed by atoms with Crippen molar-refractivity contribution in [3.05, 3.63) is 0 Å². The van der Waals surface area contributed by atoms with Crippen molar-refractivity contribution in [3.8, 4) is 0 Å². The van der Waals surface area contributed by atoms with Crippen LogP contribution >= 0.6 is 0 Å². The van der Waals surface area contributed by atoms with Crippen molar-refractivity contribution in [2.45, 2.75) is 84.3 Å². The Morgan fingerprint density at radius 2 is 1.95 bits per heavy atom. The molecular weight excluding hydrogens is 234 g/mol. The van der Waals surface area contributed by atoms with Crippen LogP contribution in [-0.4, -0.2) is 35.2 Å². The summed E-state index contributed by atoms with van der Waals surface area (Å²) in [4.78, 5) is 2.70. The van der Waals surface area contributed by atoms with Gasteiger partial charge in [-0.3, -0.25) is 0 Å². The van der Waals surface area contributed by atoms with Crippen LogP contribution in [0.25, 0.3) is 0 Å². The number of likely N-dealkylation sites (tertiary alicyclic amines) is 1. The van der Waals surface area contributed by atoms with Crippen molar-refractivity contribution in [2.75, 3.05) is 13.1 Å². The van der Waals surface area contributed by atoms with E-state index in [-0.39, 0.29) is 6.10 Å². The Bertz CT molecular complexity index is 276. The van der Waals surface area contributed by atoms with Crippen LogP contribution < -0.4 is 0 Å². The highest BCUT2D eigenvalue weighted by Crippen LogP contribution is 2.39. The molecule has 3 atom stereocenters. The van der Waals surface area contributed by atoms with Gasteiger partial charge in [0.25, 0.3) is 0 Å². The van der Waals surface area contributed by atoms with E-state index in [1.165, 1.54) is 51.5 Å². The predicted molar refractivity (Wildman–Crippen MR) is 81.2 cm³/mol. The number of hydrogen-bond donors (Lipinski definition) is 1. The molecule has 3 unspecified atom stereocenters. The Morgan fingerprint density at radius 1 is 1.16 bits per heavy atom. The van der Waals surface area contributed by atoms with Crippen molar-refractivity contribution in [1.82, 2.24) is 4.90 Å². The molecule has 0 aromatic rings. The highest BCUT2D eigenvalue weighted by Gasteiger charge is 2.35. The Labute approximate surface area is 119 Å². The van der Waals surface area contributed by atoms with E-state index in [1.807, 2.05) is 0 Å². The molecular formula is C17H33NO. The normalized spacial score (nSPS) is 36.9. The quantitative estimate of drug-likeness (QED) is 0.840. The van der Waals surface area contributed by atoms with E-state index in [4.69, 9.17) is 0 Å². The third-order valence-electron chi connectivity index (χ3n) is 5.42. The monoisotopic (exact) mass is 267 g/mol. The fourth-order valence-corrected chi connectivity index (χ4v) is 4.15. The minimum Gasteiger partial charge on any atom is -0.393 e. The van der Waals surface area contributed by atoms with Gasteiger partial charge in [-0.25, -0.2) is 0 Å². The smallest absolute Gasteiger partial charge is 0.0581 e. The highest BCUT2D eigenvalue weighted by molar-refractivity contribution is 4.88. The average Bonchev–Trinajstić information content (AvgIpc) is 2.58. The van der Waals surface area contributed by atoms with Crippen molar-refractivity contribution < 1.29 is 5.11 Å². The maximum atomic E-state index is 10.3. The van der Waals surface area contributed by atoms with Crippen LogP contribution in [0.2, 0.25) is 0 Å². The fourth-order valence-electron chi connectivity index (χ4n) is 4.15. The Morgan fingerprint density at radius 3 is 2.68 bits per heavy atom. The zero-order valence-corrected chi connectivity index (χ0v) is 13.2. The molecule has 0 aromatic heterocycles. The predicted octanol–water partition coefficient (Wildman–Crippen LogP) is 3.83. The summed E-state index contributed by atoms with van der Waals surface area (Å²) in [6.07, 6.45) is 10.1. The molecule has 1 heterocycles. The summed E-state index contributed by atoms with van der Waals surface area (Å²) in [6.45, 7) is 9.44. The zero-order valence-electron chi connectivity index (χ0n) is 13.2. The van der Waals surface area contributed by atoms with Gasteiger partial charge in [0.1, 0.15) is 0 Å². The van der Waals surface area contributed by atoms with Gasteiger partial charge in [-0.15, -0.1) is 0 Å². The first kappa shape index (κ1) is 15.3. The largest absolute Gasteiger partial charge is 0.393 e. The second-order valence-corrected chi connectivity index (χ2v) is 7.64. The van der Waals surface area contributed by atoms with E-state index < -0.39 is 0 Å². The Kier molecular flexibility index (Phi) is 5.30. The van der Waals surface area contributed by atoms with Gasteiger partial charge in [0.05, 0.1) is 6.10 Å². The SMILES string of the molecule is CCC1CCCCCN1CC1CC(C)(C)CCC1O. The summed E-state index contributed by atoms with van der Waals surface area (Å²) in [6, 6.07) is 0.764. The molecule has 2 rings (SSSR count). The first-order valence-corrected chi connectivity index (χ1v) is 8.44. The first-order chi connectivity index (χ1) is 9.02. The lowest BCUT2D eigenvalue weighted by molar-refractivity contribution is -0.00265. The molecule has 2 fully saturated rings. The van der Waals surface area contributed by atoms with Crippen molar-refractivity contribution in [3.63, 3.8) is 0 Å². The molecule has 1 aliphatic heterocycles. The van der Waals surface area contributed by atoms with E-state index >= 15 is 0 Å². The molecule has 0 radical (unpaired) electrons. The zero-order chi connectivity index (χ0) is 13.9. The summed E-state index contributed by atoms with van der Waals surface area (Å²) in [7, 11) is 0. The molecule has 1 aliphatic carbocycles. The van der Waals surface area contributed by atoms with Crippen LogP contribution in [0.5, 0.6) is 0 Å². The van der Waals surface area contributed by atoms with Crippen LogP contribution in [0, 0.1) is 11.3 Å². The maximum absolute atomic E-state index is 10.3. The van der Waals surface area contributed by atoms with Gasteiger partial charge in [-0.05, 0) is 56.4 Å². The van der Waals surface area contributed by atoms with E-state index in [0.717, 1.165) is 19.0 Å². The second kappa shape index (κ2) is 6.58. The fraction of sp³-hybridized carbons (Fsp3) is 1.00. The van der Waals surface area contributed by atoms with Gasteiger partial charge in [-0.2, -0.15) is 0 Å². The highest BCUT2D eigenvalue weighted by atomic mass is 16.3. The number of nitrogens with zero attached hydrogens (tertiary/aromatic N) is 1. The lowest BCUT2D eigenvalue weighted by Gasteiger charge is -2.42. The van der Waals surface area contributed by atoms with Crippen LogP contribution in [0.15, 0.2) is 0 Å². The van der Waals surface area contributed by atoms with E-state index in [9.17, 15) is 5.11 Å². The van der Waals surface area contributed by atoms with Crippen molar-refractivity contribution in [2.24, 2.45) is 11.3 Å². The summed E-state index contributed by atoms with van der Waals surface area (Å²) in [5, 5.41) is 10.3. The van der Waals surface area contributed by atoms with Crippen LogP contribution in [0.4, 0.5) is 0 Å². The molecule has 2 nitrogen and oxygen atoms in total. The third-order valence-corrected chi connectivity index (χ3v) is 5.42. The lowest BCUT2D eigenvalue weighted by atomic mass is 9.70. The number of rotatable bonds is 3. The van der Waals surface area contributed by atoms with E-state index in [2.05, 4.69) is 25.7 Å². The molecule has 1 saturated heterocycles. The van der Waals surface area contributed by atoms with Crippen LogP contribution in [0.3, 0.4) is 0 Å². The number of hydrogen-bond acceptors (Lipinski definition) is 2. The summed E-state index contributed by atoms with van der Waals surface area (Å²) in [5.41, 5.74) is 0.428. The van der Waals surface area contributed by atoms with E-state index in [1.54, 1.807) is 0 Å². The Hall–Kier alpha value is -0.0800.